The third kappa shape index (κ3) is 6.17. The van der Waals surface area contributed by atoms with Gasteiger partial charge in [0.1, 0.15) is 0 Å². The number of hydrogen-bond donors (Lipinski definition) is 0. The number of amides is 2. The first-order chi connectivity index (χ1) is 12.5. The highest BCUT2D eigenvalue weighted by Crippen LogP contribution is 2.39. The molecule has 0 aliphatic carbocycles. The van der Waals surface area contributed by atoms with E-state index in [1.807, 2.05) is 9.80 Å². The Morgan fingerprint density at radius 3 is 2.59 bits per heavy atom. The first-order valence-corrected chi connectivity index (χ1v) is 11.8. The summed E-state index contributed by atoms with van der Waals surface area (Å²) in [4.78, 5) is 28.8. The molecule has 156 valence electrons. The monoisotopic (exact) mass is 401 g/mol. The van der Waals surface area contributed by atoms with Crippen LogP contribution >= 0.6 is 0 Å². The summed E-state index contributed by atoms with van der Waals surface area (Å²) in [5.74, 6) is 0.807. The summed E-state index contributed by atoms with van der Waals surface area (Å²) in [6.07, 6.45) is 5.76. The topological polar surface area (TPSA) is 78.0 Å². The lowest BCUT2D eigenvalue weighted by Gasteiger charge is -2.48. The fourth-order valence-electron chi connectivity index (χ4n) is 4.05. The van der Waals surface area contributed by atoms with Crippen molar-refractivity contribution < 1.29 is 18.0 Å². The van der Waals surface area contributed by atoms with Gasteiger partial charge in [-0.25, -0.2) is 12.7 Å². The van der Waals surface area contributed by atoms with E-state index in [1.54, 1.807) is 0 Å². The van der Waals surface area contributed by atoms with Gasteiger partial charge in [-0.1, -0.05) is 13.8 Å². The van der Waals surface area contributed by atoms with Crippen molar-refractivity contribution in [2.45, 2.75) is 52.4 Å². The van der Waals surface area contributed by atoms with Crippen LogP contribution in [0.25, 0.3) is 0 Å². The Bertz CT molecular complexity index is 649. The Balaban J connectivity index is 1.95. The van der Waals surface area contributed by atoms with Gasteiger partial charge in [0.05, 0.1) is 6.26 Å². The van der Waals surface area contributed by atoms with Crippen LogP contribution in [0.3, 0.4) is 0 Å². The molecule has 0 aromatic heterocycles. The molecule has 0 aromatic rings. The zero-order valence-corrected chi connectivity index (χ0v) is 18.1. The molecule has 1 spiro atoms. The van der Waals surface area contributed by atoms with Gasteiger partial charge in [0.25, 0.3) is 0 Å². The summed E-state index contributed by atoms with van der Waals surface area (Å²) >= 11 is 0. The van der Waals surface area contributed by atoms with Crippen molar-refractivity contribution in [3.63, 3.8) is 0 Å². The molecule has 2 aliphatic heterocycles. The minimum atomic E-state index is -3.26. The van der Waals surface area contributed by atoms with Gasteiger partial charge in [0.2, 0.25) is 21.8 Å². The van der Waals surface area contributed by atoms with Gasteiger partial charge in [-0.2, -0.15) is 0 Å². The van der Waals surface area contributed by atoms with Crippen LogP contribution in [-0.4, -0.2) is 80.4 Å². The van der Waals surface area contributed by atoms with E-state index in [9.17, 15) is 18.0 Å². The fraction of sp³-hybridized carbons (Fsp3) is 0.895. The van der Waals surface area contributed by atoms with Crippen LogP contribution in [-0.2, 0) is 19.6 Å². The molecule has 2 heterocycles. The molecule has 27 heavy (non-hydrogen) atoms. The Labute approximate surface area is 164 Å². The normalized spacial score (nSPS) is 24.3. The van der Waals surface area contributed by atoms with Gasteiger partial charge < -0.3 is 9.80 Å². The Kier molecular flexibility index (Phi) is 7.30. The summed E-state index contributed by atoms with van der Waals surface area (Å²) in [6, 6.07) is 0. The van der Waals surface area contributed by atoms with E-state index < -0.39 is 10.0 Å². The SMILES string of the molecule is CC(C)CCN1C[C@]2(CCCN(C(=O)CCN(C)S(C)(=O)=O)C2)CCC1=O. The highest BCUT2D eigenvalue weighted by molar-refractivity contribution is 7.88. The molecule has 2 aliphatic rings. The van der Waals surface area contributed by atoms with E-state index in [1.165, 1.54) is 11.4 Å². The van der Waals surface area contributed by atoms with Gasteiger partial charge in [-0.3, -0.25) is 9.59 Å². The van der Waals surface area contributed by atoms with Crippen LogP contribution in [0.1, 0.15) is 52.4 Å². The quantitative estimate of drug-likeness (QED) is 0.648. The van der Waals surface area contributed by atoms with E-state index in [-0.39, 0.29) is 30.2 Å². The number of carbonyl (C=O) groups excluding carboxylic acids is 2. The van der Waals surface area contributed by atoms with Crippen LogP contribution in [0.5, 0.6) is 0 Å². The fourth-order valence-corrected chi connectivity index (χ4v) is 4.47. The minimum Gasteiger partial charge on any atom is -0.342 e. The molecule has 2 amide bonds. The molecule has 2 saturated heterocycles. The predicted octanol–water partition coefficient (Wildman–Crippen LogP) is 1.55. The zero-order valence-electron chi connectivity index (χ0n) is 17.2. The largest absolute Gasteiger partial charge is 0.342 e. The van der Waals surface area contributed by atoms with E-state index in [4.69, 9.17) is 0 Å². The summed E-state index contributed by atoms with van der Waals surface area (Å²) in [6.45, 7) is 7.48. The van der Waals surface area contributed by atoms with Crippen molar-refractivity contribution in [2.24, 2.45) is 11.3 Å². The number of hydrogen-bond acceptors (Lipinski definition) is 4. The lowest BCUT2D eigenvalue weighted by Crippen LogP contribution is -2.55. The van der Waals surface area contributed by atoms with Crippen molar-refractivity contribution in [1.29, 1.82) is 0 Å². The van der Waals surface area contributed by atoms with Crippen LogP contribution in [0, 0.1) is 11.3 Å². The molecule has 1 atom stereocenters. The van der Waals surface area contributed by atoms with Crippen LogP contribution in [0.4, 0.5) is 0 Å². The van der Waals surface area contributed by atoms with Crippen LogP contribution < -0.4 is 0 Å². The molecule has 2 rings (SSSR count). The summed E-state index contributed by atoms with van der Waals surface area (Å²) in [5.41, 5.74) is 0.00152. The van der Waals surface area contributed by atoms with Crippen LogP contribution in [0.15, 0.2) is 0 Å². The molecule has 0 saturated carbocycles. The van der Waals surface area contributed by atoms with Crippen molar-refractivity contribution >= 4 is 21.8 Å². The Morgan fingerprint density at radius 1 is 1.26 bits per heavy atom. The zero-order chi connectivity index (χ0) is 20.2. The summed E-state index contributed by atoms with van der Waals surface area (Å²) in [7, 11) is -1.76. The lowest BCUT2D eigenvalue weighted by atomic mass is 9.73. The number of rotatable bonds is 7. The third-order valence-corrected chi connectivity index (χ3v) is 7.26. The molecule has 2 fully saturated rings. The Hall–Kier alpha value is -1.15. The average molecular weight is 402 g/mol. The maximum Gasteiger partial charge on any atom is 0.223 e. The molecule has 7 nitrogen and oxygen atoms in total. The van der Waals surface area contributed by atoms with Crippen LogP contribution in [0.2, 0.25) is 0 Å². The molecular weight excluding hydrogens is 366 g/mol. The molecule has 8 heteroatoms. The van der Waals surface area contributed by atoms with Crippen molar-refractivity contribution in [3.8, 4) is 0 Å². The Morgan fingerprint density at radius 2 is 1.96 bits per heavy atom. The summed E-state index contributed by atoms with van der Waals surface area (Å²) in [5, 5.41) is 0. The van der Waals surface area contributed by atoms with Gasteiger partial charge >= 0.3 is 0 Å². The van der Waals surface area contributed by atoms with E-state index >= 15 is 0 Å². The lowest BCUT2D eigenvalue weighted by molar-refractivity contribution is -0.143. The second-order valence-corrected chi connectivity index (χ2v) is 10.8. The highest BCUT2D eigenvalue weighted by atomic mass is 32.2. The second kappa shape index (κ2) is 8.90. The van der Waals surface area contributed by atoms with Gasteiger partial charge in [-0.15, -0.1) is 0 Å². The maximum absolute atomic E-state index is 12.6. The van der Waals surface area contributed by atoms with E-state index in [0.29, 0.717) is 18.9 Å². The van der Waals surface area contributed by atoms with E-state index in [0.717, 1.165) is 51.6 Å². The van der Waals surface area contributed by atoms with Gasteiger partial charge in [0, 0.05) is 58.0 Å². The number of likely N-dealkylation sites (tertiary alicyclic amines) is 2. The van der Waals surface area contributed by atoms with E-state index in [2.05, 4.69) is 13.8 Å². The maximum atomic E-state index is 12.6. The third-order valence-electron chi connectivity index (χ3n) is 5.95. The first-order valence-electron chi connectivity index (χ1n) is 9.99. The number of nitrogens with zero attached hydrogens (tertiary/aromatic N) is 3. The molecule has 0 N–H and O–H groups in total. The molecular formula is C19H35N3O4S. The van der Waals surface area contributed by atoms with Crippen molar-refractivity contribution in [3.05, 3.63) is 0 Å². The highest BCUT2D eigenvalue weighted by Gasteiger charge is 2.42. The molecule has 0 aromatic carbocycles. The van der Waals surface area contributed by atoms with Crippen molar-refractivity contribution in [2.75, 3.05) is 46.0 Å². The number of carbonyl (C=O) groups is 2. The number of sulfonamides is 1. The average Bonchev–Trinajstić information content (AvgIpc) is 2.59. The first kappa shape index (κ1) is 22.1. The predicted molar refractivity (Wildman–Crippen MR) is 106 cm³/mol. The van der Waals surface area contributed by atoms with Gasteiger partial charge in [0.15, 0.2) is 0 Å². The standard InChI is InChI=1S/C19H35N3O4S/c1-16(2)7-13-22-15-19(10-6-17(22)23)9-5-11-21(14-19)18(24)8-12-20(3)27(4,25)26/h16H,5-15H2,1-4H3/t19-/m1/s1. The summed E-state index contributed by atoms with van der Waals surface area (Å²) < 4.78 is 24.2. The second-order valence-electron chi connectivity index (χ2n) is 8.75. The molecule has 0 radical (unpaired) electrons. The van der Waals surface area contributed by atoms with Gasteiger partial charge in [-0.05, 0) is 31.6 Å². The molecule has 0 unspecified atom stereocenters. The molecule has 0 bridgehead atoms. The van der Waals surface area contributed by atoms with Crippen molar-refractivity contribution in [1.82, 2.24) is 14.1 Å². The number of piperidine rings is 2. The minimum absolute atomic E-state index is 0.00152. The smallest absolute Gasteiger partial charge is 0.223 e.